The van der Waals surface area contributed by atoms with Crippen molar-refractivity contribution >= 4 is 86.3 Å². The number of carbonyl (C=O) groups excluding carboxylic acids is 1. The normalized spacial score (nSPS) is 14.3. The van der Waals surface area contributed by atoms with Crippen LogP contribution in [-0.4, -0.2) is 66.5 Å². The third-order valence-electron chi connectivity index (χ3n) is 6.67. The highest BCUT2D eigenvalue weighted by Gasteiger charge is 2.43. The number of anilines is 5. The maximum Gasteiger partial charge on any atom is 0.471 e. The van der Waals surface area contributed by atoms with Crippen LogP contribution in [0.2, 0.25) is 10.0 Å². The zero-order valence-electron chi connectivity index (χ0n) is 22.5. The minimum absolute atomic E-state index is 0.0947. The molecule has 1 fully saturated rings. The van der Waals surface area contributed by atoms with Gasteiger partial charge in [-0.2, -0.15) is 18.2 Å². The predicted molar refractivity (Wildman–Crippen MR) is 163 cm³/mol. The Bertz CT molecular complexity index is 1540. The van der Waals surface area contributed by atoms with Crippen molar-refractivity contribution in [2.24, 2.45) is 0 Å². The molecule has 2 N–H and O–H groups in total. The Kier molecular flexibility index (Phi) is 9.18. The third-order valence-corrected chi connectivity index (χ3v) is 9.52. The van der Waals surface area contributed by atoms with Gasteiger partial charge in [-0.05, 0) is 72.4 Å². The van der Waals surface area contributed by atoms with Crippen molar-refractivity contribution in [2.75, 3.05) is 55.0 Å². The number of aryl methyl sites for hydroxylation is 1. The smallest absolute Gasteiger partial charge is 0.367 e. The number of amides is 1. The van der Waals surface area contributed by atoms with Crippen molar-refractivity contribution < 1.29 is 22.5 Å². The summed E-state index contributed by atoms with van der Waals surface area (Å²) >= 11 is 16.5. The molecule has 1 saturated heterocycles. The fourth-order valence-corrected chi connectivity index (χ4v) is 7.04. The number of nitrogens with zero attached hydrogens (tertiary/aromatic N) is 4. The van der Waals surface area contributed by atoms with Gasteiger partial charge in [0.05, 0.1) is 31.6 Å². The molecule has 0 saturated carbocycles. The fourth-order valence-electron chi connectivity index (χ4n) is 4.56. The van der Waals surface area contributed by atoms with Gasteiger partial charge >= 0.3 is 12.1 Å². The summed E-state index contributed by atoms with van der Waals surface area (Å²) in [6.45, 7) is 7.49. The molecule has 220 valence electrons. The molecule has 4 rings (SSSR count). The molecule has 0 unspecified atom stereocenters. The van der Waals surface area contributed by atoms with Crippen molar-refractivity contribution in [3.63, 3.8) is 0 Å². The van der Waals surface area contributed by atoms with E-state index in [1.54, 1.807) is 36.6 Å². The Morgan fingerprint density at radius 1 is 1.02 bits per heavy atom. The lowest BCUT2D eigenvalue weighted by molar-refractivity contribution is -0.185. The molecule has 0 aliphatic carbocycles. The van der Waals surface area contributed by atoms with E-state index < -0.39 is 19.2 Å². The standard InChI is InChI=1S/C26H27BrCl2F3N6O2P/c1-14-5-6-19(22(15(14)2)41(3,4)40)34-23-16(27)13-33-25(36-23)35-20-11-18(29)21(12-17(20)28)37-7-9-38(10-8-37)24(39)26(30,31)32/h5-6,11-13H,7-10H2,1-4H3,(H2,33,34,35,36). The third kappa shape index (κ3) is 7.10. The highest BCUT2D eigenvalue weighted by molar-refractivity contribution is 9.10. The molecule has 1 aliphatic rings. The average Bonchev–Trinajstić information content (AvgIpc) is 2.88. The van der Waals surface area contributed by atoms with Gasteiger partial charge in [0.15, 0.2) is 0 Å². The highest BCUT2D eigenvalue weighted by atomic mass is 79.9. The number of hydrogen-bond donors (Lipinski definition) is 2. The van der Waals surface area contributed by atoms with Crippen LogP contribution in [0.4, 0.5) is 42.0 Å². The van der Waals surface area contributed by atoms with Crippen molar-refractivity contribution in [1.29, 1.82) is 0 Å². The van der Waals surface area contributed by atoms with E-state index in [1.807, 2.05) is 26.0 Å². The molecule has 0 atom stereocenters. The van der Waals surface area contributed by atoms with Crippen molar-refractivity contribution in [2.45, 2.75) is 20.0 Å². The molecule has 41 heavy (non-hydrogen) atoms. The largest absolute Gasteiger partial charge is 0.471 e. The number of aromatic nitrogens is 2. The zero-order valence-corrected chi connectivity index (χ0v) is 26.5. The molecule has 1 aliphatic heterocycles. The van der Waals surface area contributed by atoms with E-state index in [0.717, 1.165) is 21.3 Å². The van der Waals surface area contributed by atoms with E-state index in [1.165, 1.54) is 0 Å². The van der Waals surface area contributed by atoms with E-state index in [-0.39, 0.29) is 37.1 Å². The number of carbonyl (C=O) groups is 1. The maximum atomic E-state index is 13.1. The first kappa shape index (κ1) is 31.4. The second-order valence-electron chi connectivity index (χ2n) is 9.96. The van der Waals surface area contributed by atoms with E-state index in [2.05, 4.69) is 36.5 Å². The first-order valence-electron chi connectivity index (χ1n) is 12.4. The van der Waals surface area contributed by atoms with Crippen LogP contribution in [0, 0.1) is 13.8 Å². The van der Waals surface area contributed by atoms with E-state index in [4.69, 9.17) is 23.2 Å². The summed E-state index contributed by atoms with van der Waals surface area (Å²) in [5.41, 5.74) is 3.60. The first-order valence-corrected chi connectivity index (χ1v) is 16.5. The number of hydrogen-bond acceptors (Lipinski definition) is 7. The van der Waals surface area contributed by atoms with Gasteiger partial charge in [0.1, 0.15) is 13.0 Å². The van der Waals surface area contributed by atoms with Crippen LogP contribution in [0.1, 0.15) is 11.1 Å². The van der Waals surface area contributed by atoms with E-state index in [9.17, 15) is 22.5 Å². The van der Waals surface area contributed by atoms with E-state index >= 15 is 0 Å². The lowest BCUT2D eigenvalue weighted by Crippen LogP contribution is -2.52. The molecule has 15 heteroatoms. The number of rotatable bonds is 6. The summed E-state index contributed by atoms with van der Waals surface area (Å²) in [6, 6.07) is 7.00. The van der Waals surface area contributed by atoms with Gasteiger partial charge in [-0.1, -0.05) is 29.3 Å². The summed E-state index contributed by atoms with van der Waals surface area (Å²) in [4.78, 5) is 22.9. The van der Waals surface area contributed by atoms with Gasteiger partial charge in [-0.15, -0.1) is 0 Å². The van der Waals surface area contributed by atoms with Crippen LogP contribution < -0.4 is 20.8 Å². The molecule has 2 aromatic carbocycles. The molecular formula is C26H27BrCl2F3N6O2P. The number of halogens is 6. The number of alkyl halides is 3. The van der Waals surface area contributed by atoms with Gasteiger partial charge < -0.3 is 25.0 Å². The second kappa shape index (κ2) is 12.0. The Morgan fingerprint density at radius 2 is 1.68 bits per heavy atom. The zero-order chi connectivity index (χ0) is 30.3. The Labute approximate surface area is 254 Å². The second-order valence-corrected chi connectivity index (χ2v) is 14.8. The Hall–Kier alpha value is -2.53. The van der Waals surface area contributed by atoms with Crippen LogP contribution in [0.5, 0.6) is 0 Å². The quantitative estimate of drug-likeness (QED) is 0.266. The maximum absolute atomic E-state index is 13.1. The van der Waals surface area contributed by atoms with Crippen molar-refractivity contribution in [3.8, 4) is 0 Å². The van der Waals surface area contributed by atoms with Gasteiger partial charge in [0, 0.05) is 37.7 Å². The van der Waals surface area contributed by atoms with Crippen LogP contribution in [0.25, 0.3) is 0 Å². The molecule has 0 spiro atoms. The predicted octanol–water partition coefficient (Wildman–Crippen LogP) is 7.11. The minimum atomic E-state index is -4.91. The molecule has 8 nitrogen and oxygen atoms in total. The molecule has 0 radical (unpaired) electrons. The summed E-state index contributed by atoms with van der Waals surface area (Å²) < 4.78 is 52.0. The molecule has 0 bridgehead atoms. The monoisotopic (exact) mass is 692 g/mol. The summed E-state index contributed by atoms with van der Waals surface area (Å²) in [5.74, 6) is -1.20. The summed E-state index contributed by atoms with van der Waals surface area (Å²) in [6.07, 6.45) is -3.35. The summed E-state index contributed by atoms with van der Waals surface area (Å²) in [5, 5.41) is 7.65. The first-order chi connectivity index (χ1) is 19.1. The number of nitrogens with one attached hydrogen (secondary N) is 2. The number of piperazine rings is 1. The van der Waals surface area contributed by atoms with Crippen LogP contribution >= 0.6 is 46.3 Å². The topological polar surface area (TPSA) is 90.5 Å². The molecule has 1 amide bonds. The lowest BCUT2D eigenvalue weighted by atomic mass is 10.1. The molecule has 1 aromatic heterocycles. The van der Waals surface area contributed by atoms with Crippen molar-refractivity contribution in [3.05, 3.63) is 56.1 Å². The van der Waals surface area contributed by atoms with Gasteiger partial charge in [-0.25, -0.2) is 4.98 Å². The average molecular weight is 694 g/mol. The van der Waals surface area contributed by atoms with Crippen LogP contribution in [0.3, 0.4) is 0 Å². The van der Waals surface area contributed by atoms with Crippen LogP contribution in [-0.2, 0) is 9.36 Å². The molecular weight excluding hydrogens is 667 g/mol. The van der Waals surface area contributed by atoms with Gasteiger partial charge in [0.25, 0.3) is 0 Å². The van der Waals surface area contributed by atoms with E-state index in [0.29, 0.717) is 32.4 Å². The van der Waals surface area contributed by atoms with Gasteiger partial charge in [-0.3, -0.25) is 4.79 Å². The lowest BCUT2D eigenvalue weighted by Gasteiger charge is -2.36. The fraction of sp³-hybridized carbons (Fsp3) is 0.346. The van der Waals surface area contributed by atoms with Gasteiger partial charge in [0.2, 0.25) is 5.95 Å². The van der Waals surface area contributed by atoms with Crippen LogP contribution in [0.15, 0.2) is 34.9 Å². The minimum Gasteiger partial charge on any atom is -0.367 e. The highest BCUT2D eigenvalue weighted by Crippen LogP contribution is 2.41. The SMILES string of the molecule is Cc1ccc(Nc2nc(Nc3cc(Cl)c(N4CCN(C(=O)C(F)(F)F)CC4)cc3Cl)ncc2Br)c(P(C)(C)=O)c1C. The number of benzene rings is 2. The summed E-state index contributed by atoms with van der Waals surface area (Å²) in [7, 11) is -2.63. The molecule has 3 aromatic rings. The van der Waals surface area contributed by atoms with Crippen molar-refractivity contribution in [1.82, 2.24) is 14.9 Å². The molecule has 2 heterocycles. The Morgan fingerprint density at radius 3 is 2.29 bits per heavy atom. The Balaban J connectivity index is 1.54.